The van der Waals surface area contributed by atoms with Gasteiger partial charge in [0.05, 0.1) is 17.2 Å². The average molecular weight is 353 g/mol. The number of phenols is 1. The van der Waals surface area contributed by atoms with Crippen LogP contribution in [0.4, 0.5) is 0 Å². The highest BCUT2D eigenvalue weighted by atomic mass is 35.5. The summed E-state index contributed by atoms with van der Waals surface area (Å²) in [5.41, 5.74) is 1.51. The summed E-state index contributed by atoms with van der Waals surface area (Å²) in [6, 6.07) is 9.06. The molecule has 0 aliphatic heterocycles. The highest BCUT2D eigenvalue weighted by Crippen LogP contribution is 2.35. The van der Waals surface area contributed by atoms with Crippen molar-refractivity contribution in [2.24, 2.45) is 5.41 Å². The Morgan fingerprint density at radius 1 is 1.20 bits per heavy atom. The number of rotatable bonds is 4. The molecule has 0 fully saturated rings. The lowest BCUT2D eigenvalue weighted by Crippen LogP contribution is -2.10. The SMILES string of the molecule is CC(C)(C#N)CCc1nnc(-c2ccc(Cl)cc2O)c2ccncc12. The summed E-state index contributed by atoms with van der Waals surface area (Å²) >= 11 is 5.91. The fraction of sp³-hybridized carbons (Fsp3) is 0.263. The van der Waals surface area contributed by atoms with Crippen LogP contribution in [-0.2, 0) is 6.42 Å². The molecule has 0 saturated heterocycles. The topological polar surface area (TPSA) is 82.7 Å². The third-order valence-corrected chi connectivity index (χ3v) is 4.40. The van der Waals surface area contributed by atoms with Crippen molar-refractivity contribution in [3.8, 4) is 23.1 Å². The van der Waals surface area contributed by atoms with Crippen LogP contribution in [0.15, 0.2) is 36.7 Å². The van der Waals surface area contributed by atoms with Crippen molar-refractivity contribution in [3.63, 3.8) is 0 Å². The second kappa shape index (κ2) is 6.66. The van der Waals surface area contributed by atoms with Crippen molar-refractivity contribution in [1.29, 1.82) is 5.26 Å². The van der Waals surface area contributed by atoms with E-state index in [1.807, 2.05) is 19.9 Å². The minimum Gasteiger partial charge on any atom is -0.507 e. The summed E-state index contributed by atoms with van der Waals surface area (Å²) in [4.78, 5) is 4.19. The molecule has 0 unspecified atom stereocenters. The van der Waals surface area contributed by atoms with Crippen LogP contribution in [0.3, 0.4) is 0 Å². The molecule has 6 heteroatoms. The van der Waals surface area contributed by atoms with Gasteiger partial charge in [0.15, 0.2) is 0 Å². The highest BCUT2D eigenvalue weighted by Gasteiger charge is 2.19. The van der Waals surface area contributed by atoms with Crippen LogP contribution >= 0.6 is 11.6 Å². The van der Waals surface area contributed by atoms with Gasteiger partial charge < -0.3 is 5.11 Å². The molecule has 3 aromatic rings. The van der Waals surface area contributed by atoms with Crippen LogP contribution < -0.4 is 0 Å². The van der Waals surface area contributed by atoms with Crippen molar-refractivity contribution >= 4 is 22.4 Å². The van der Waals surface area contributed by atoms with Crippen LogP contribution in [-0.4, -0.2) is 20.3 Å². The van der Waals surface area contributed by atoms with Gasteiger partial charge in [0.1, 0.15) is 11.4 Å². The van der Waals surface area contributed by atoms with Gasteiger partial charge in [-0.2, -0.15) is 10.4 Å². The summed E-state index contributed by atoms with van der Waals surface area (Å²) in [5, 5.41) is 30.3. The van der Waals surface area contributed by atoms with Gasteiger partial charge in [-0.3, -0.25) is 4.98 Å². The number of aromatic hydroxyl groups is 1. The number of fused-ring (bicyclic) bond motifs is 1. The van der Waals surface area contributed by atoms with Gasteiger partial charge in [-0.15, -0.1) is 5.10 Å². The first kappa shape index (κ1) is 17.1. The minimum atomic E-state index is -0.427. The molecular formula is C19H17ClN4O. The molecule has 1 aromatic carbocycles. The van der Waals surface area contributed by atoms with Gasteiger partial charge in [0.2, 0.25) is 0 Å². The van der Waals surface area contributed by atoms with Crippen molar-refractivity contribution < 1.29 is 5.11 Å². The first-order valence-corrected chi connectivity index (χ1v) is 8.28. The summed E-state index contributed by atoms with van der Waals surface area (Å²) in [6.45, 7) is 3.81. The molecule has 3 rings (SSSR count). The van der Waals surface area contributed by atoms with E-state index in [-0.39, 0.29) is 5.75 Å². The molecule has 5 nitrogen and oxygen atoms in total. The van der Waals surface area contributed by atoms with E-state index in [9.17, 15) is 10.4 Å². The number of hydrogen-bond donors (Lipinski definition) is 1. The smallest absolute Gasteiger partial charge is 0.126 e. The number of aromatic nitrogens is 3. The van der Waals surface area contributed by atoms with E-state index >= 15 is 0 Å². The number of phenolic OH excluding ortho intramolecular Hbond substituents is 1. The van der Waals surface area contributed by atoms with Crippen molar-refractivity contribution in [1.82, 2.24) is 15.2 Å². The second-order valence-corrected chi connectivity index (χ2v) is 7.01. The lowest BCUT2D eigenvalue weighted by molar-refractivity contribution is 0.449. The summed E-state index contributed by atoms with van der Waals surface area (Å²) < 4.78 is 0. The predicted octanol–water partition coefficient (Wildman–Crippen LogP) is 4.53. The first-order chi connectivity index (χ1) is 11.9. The van der Waals surface area contributed by atoms with Crippen molar-refractivity contribution in [3.05, 3.63) is 47.4 Å². The zero-order valence-corrected chi connectivity index (χ0v) is 14.7. The standard InChI is InChI=1S/C19H17ClN4O/c1-19(2,11-21)7-5-16-15-10-22-8-6-13(15)18(24-23-16)14-4-3-12(20)9-17(14)25/h3-4,6,8-10,25H,5,7H2,1-2H3. The zero-order chi connectivity index (χ0) is 18.0. The fourth-order valence-electron chi connectivity index (χ4n) is 2.62. The Hall–Kier alpha value is -2.71. The number of halogens is 1. The Balaban J connectivity index is 2.09. The van der Waals surface area contributed by atoms with Gasteiger partial charge in [0, 0.05) is 33.8 Å². The maximum Gasteiger partial charge on any atom is 0.126 e. The van der Waals surface area contributed by atoms with E-state index in [0.29, 0.717) is 29.1 Å². The molecule has 1 N–H and O–H groups in total. The number of nitriles is 1. The summed E-state index contributed by atoms with van der Waals surface area (Å²) in [6.07, 6.45) is 4.73. The first-order valence-electron chi connectivity index (χ1n) is 7.91. The molecule has 25 heavy (non-hydrogen) atoms. The van der Waals surface area contributed by atoms with Gasteiger partial charge in [0.25, 0.3) is 0 Å². The zero-order valence-electron chi connectivity index (χ0n) is 14.0. The Bertz CT molecular complexity index is 979. The molecule has 0 aliphatic carbocycles. The van der Waals surface area contributed by atoms with E-state index in [2.05, 4.69) is 21.3 Å². The number of nitrogens with zero attached hydrogens (tertiary/aromatic N) is 4. The molecule has 126 valence electrons. The predicted molar refractivity (Wildman–Crippen MR) is 97.2 cm³/mol. The van der Waals surface area contributed by atoms with Gasteiger partial charge in [-0.1, -0.05) is 11.6 Å². The van der Waals surface area contributed by atoms with E-state index in [1.54, 1.807) is 24.5 Å². The van der Waals surface area contributed by atoms with E-state index in [4.69, 9.17) is 11.6 Å². The fourth-order valence-corrected chi connectivity index (χ4v) is 2.79. The maximum atomic E-state index is 10.2. The average Bonchev–Trinajstić information content (AvgIpc) is 2.60. The Kier molecular flexibility index (Phi) is 4.56. The molecule has 0 amide bonds. The molecular weight excluding hydrogens is 336 g/mol. The number of hydrogen-bond acceptors (Lipinski definition) is 5. The Labute approximate surface area is 150 Å². The molecule has 0 saturated carbocycles. The second-order valence-electron chi connectivity index (χ2n) is 6.57. The molecule has 0 atom stereocenters. The van der Waals surface area contributed by atoms with Crippen LogP contribution in [0.2, 0.25) is 5.02 Å². The highest BCUT2D eigenvalue weighted by molar-refractivity contribution is 6.30. The number of aryl methyl sites for hydroxylation is 1. The molecule has 0 radical (unpaired) electrons. The van der Waals surface area contributed by atoms with Gasteiger partial charge in [-0.25, -0.2) is 0 Å². The summed E-state index contributed by atoms with van der Waals surface area (Å²) in [7, 11) is 0. The number of benzene rings is 1. The van der Waals surface area contributed by atoms with Gasteiger partial charge in [-0.05, 0) is 51.0 Å². The monoisotopic (exact) mass is 352 g/mol. The largest absolute Gasteiger partial charge is 0.507 e. The molecule has 2 aromatic heterocycles. The van der Waals surface area contributed by atoms with Crippen LogP contribution in [0, 0.1) is 16.7 Å². The van der Waals surface area contributed by atoms with E-state index in [1.165, 1.54) is 6.07 Å². The van der Waals surface area contributed by atoms with E-state index < -0.39 is 5.41 Å². The molecule has 2 heterocycles. The summed E-state index contributed by atoms with van der Waals surface area (Å²) in [5.74, 6) is 0.0540. The van der Waals surface area contributed by atoms with E-state index in [0.717, 1.165) is 16.5 Å². The van der Waals surface area contributed by atoms with Crippen LogP contribution in [0.25, 0.3) is 22.0 Å². The molecule has 0 aliphatic rings. The van der Waals surface area contributed by atoms with Gasteiger partial charge >= 0.3 is 0 Å². The molecule has 0 bridgehead atoms. The lowest BCUT2D eigenvalue weighted by Gasteiger charge is -2.15. The van der Waals surface area contributed by atoms with Crippen LogP contribution in [0.1, 0.15) is 26.0 Å². The Morgan fingerprint density at radius 3 is 2.72 bits per heavy atom. The molecule has 0 spiro atoms. The Morgan fingerprint density at radius 2 is 2.00 bits per heavy atom. The normalized spacial score (nSPS) is 11.4. The maximum absolute atomic E-state index is 10.2. The van der Waals surface area contributed by atoms with Crippen LogP contribution in [0.5, 0.6) is 5.75 Å². The van der Waals surface area contributed by atoms with Crippen molar-refractivity contribution in [2.45, 2.75) is 26.7 Å². The lowest BCUT2D eigenvalue weighted by atomic mass is 9.88. The number of pyridine rings is 1. The third-order valence-electron chi connectivity index (χ3n) is 4.16. The quantitative estimate of drug-likeness (QED) is 0.745. The third kappa shape index (κ3) is 3.54. The minimum absolute atomic E-state index is 0.0540. The van der Waals surface area contributed by atoms with Crippen molar-refractivity contribution in [2.75, 3.05) is 0 Å².